The van der Waals surface area contributed by atoms with E-state index in [1.807, 2.05) is 4.72 Å². The van der Waals surface area contributed by atoms with Gasteiger partial charge in [-0.2, -0.15) is 0 Å². The van der Waals surface area contributed by atoms with Crippen molar-refractivity contribution in [2.75, 3.05) is 23.3 Å². The minimum Gasteiger partial charge on any atom is -0.396 e. The molecule has 2 aliphatic rings. The van der Waals surface area contributed by atoms with Crippen LogP contribution in [0.2, 0.25) is 0 Å². The highest BCUT2D eigenvalue weighted by Gasteiger charge is 2.34. The van der Waals surface area contributed by atoms with Gasteiger partial charge in [-0.3, -0.25) is 14.3 Å². The number of rotatable bonds is 8. The van der Waals surface area contributed by atoms with E-state index in [4.69, 9.17) is 5.11 Å². The number of Topliss-reactive ketones (excluding diaryl/α,β-unsaturated/α-hetero) is 1. The van der Waals surface area contributed by atoms with E-state index in [1.165, 1.54) is 6.07 Å². The smallest absolute Gasteiger partial charge is 0.262 e. The summed E-state index contributed by atoms with van der Waals surface area (Å²) >= 11 is 0. The summed E-state index contributed by atoms with van der Waals surface area (Å²) in [6.45, 7) is 0.0406. The Bertz CT molecular complexity index is 1670. The average molecular weight is 579 g/mol. The van der Waals surface area contributed by atoms with Crippen LogP contribution in [0.15, 0.2) is 41.3 Å². The first-order valence-electron chi connectivity index (χ1n) is 12.1. The highest BCUT2D eigenvalue weighted by atomic mass is 32.2. The van der Waals surface area contributed by atoms with E-state index in [-0.39, 0.29) is 48.4 Å². The van der Waals surface area contributed by atoms with Crippen molar-refractivity contribution in [3.05, 3.63) is 76.4 Å². The Hall–Kier alpha value is -4.01. The molecule has 1 aliphatic carbocycles. The van der Waals surface area contributed by atoms with Gasteiger partial charge in [-0.15, -0.1) is 0 Å². The summed E-state index contributed by atoms with van der Waals surface area (Å²) in [6.07, 6.45) is 0.343. The molecule has 0 fully saturated rings. The first-order chi connectivity index (χ1) is 19.0. The standard InChI is InChI=1S/C26H22F4N4O5S/c27-12-10-16-13(4-7-19(16)36)20(11-12)40(38,39)34-18-6-5-17(28)21(23(18)30)14-2-3-15-24(22(14)29)32-33-25(15)26(37)31-8-1-9-35/h2-3,5-6,10-11,25,32-35H,1,4,7-9H2,(H,31,37). The summed E-state index contributed by atoms with van der Waals surface area (Å²) < 4.78 is 88.3. The molecule has 1 heterocycles. The molecule has 14 heteroatoms. The highest BCUT2D eigenvalue weighted by Crippen LogP contribution is 2.40. The van der Waals surface area contributed by atoms with Crippen LogP contribution in [0.1, 0.15) is 40.4 Å². The molecule has 1 amide bonds. The number of fused-ring (bicyclic) bond motifs is 2. The molecule has 0 saturated heterocycles. The quantitative estimate of drug-likeness (QED) is 0.204. The first-order valence-corrected chi connectivity index (χ1v) is 13.6. The first kappa shape index (κ1) is 27.6. The molecule has 0 spiro atoms. The Morgan fingerprint density at radius 3 is 2.55 bits per heavy atom. The lowest BCUT2D eigenvalue weighted by Crippen LogP contribution is -2.36. The number of halogens is 4. The molecule has 1 aliphatic heterocycles. The molecule has 0 bridgehead atoms. The Balaban J connectivity index is 1.49. The van der Waals surface area contributed by atoms with Gasteiger partial charge in [0.2, 0.25) is 5.91 Å². The van der Waals surface area contributed by atoms with E-state index in [2.05, 4.69) is 16.2 Å². The number of nitrogens with one attached hydrogen (secondary N) is 4. The van der Waals surface area contributed by atoms with Gasteiger partial charge >= 0.3 is 0 Å². The van der Waals surface area contributed by atoms with Crippen LogP contribution in [0.25, 0.3) is 11.1 Å². The largest absolute Gasteiger partial charge is 0.396 e. The predicted molar refractivity (Wildman–Crippen MR) is 136 cm³/mol. The summed E-state index contributed by atoms with van der Waals surface area (Å²) in [4.78, 5) is 23.9. The van der Waals surface area contributed by atoms with Gasteiger partial charge in [0.1, 0.15) is 17.7 Å². The minimum atomic E-state index is -4.65. The fourth-order valence-corrected chi connectivity index (χ4v) is 6.14. The van der Waals surface area contributed by atoms with Crippen molar-refractivity contribution in [3.8, 4) is 11.1 Å². The molecular formula is C26H22F4N4O5S. The number of aliphatic hydroxyl groups is 1. The number of sulfonamides is 1. The fourth-order valence-electron chi connectivity index (χ4n) is 4.78. The van der Waals surface area contributed by atoms with E-state index in [1.54, 1.807) is 0 Å². The molecule has 1 unspecified atom stereocenters. The lowest BCUT2D eigenvalue weighted by atomic mass is 9.97. The molecular weight excluding hydrogens is 556 g/mol. The molecule has 210 valence electrons. The summed E-state index contributed by atoms with van der Waals surface area (Å²) in [5.74, 6) is -5.66. The molecule has 9 nitrogen and oxygen atoms in total. The average Bonchev–Trinajstić information content (AvgIpc) is 3.51. The second-order valence-corrected chi connectivity index (χ2v) is 10.9. The third-order valence-corrected chi connectivity index (χ3v) is 8.13. The van der Waals surface area contributed by atoms with Crippen LogP contribution in [0.3, 0.4) is 0 Å². The molecule has 1 atom stereocenters. The SMILES string of the molecule is O=C1CCc2c1cc(F)cc2S(=O)(=O)Nc1ccc(F)c(-c2ccc3c(c2F)NNC3C(=O)NCCCO)c1F. The number of hydrogen-bond acceptors (Lipinski definition) is 7. The third-order valence-electron chi connectivity index (χ3n) is 6.69. The van der Waals surface area contributed by atoms with Gasteiger partial charge in [0.05, 0.1) is 21.8 Å². The van der Waals surface area contributed by atoms with E-state index >= 15 is 8.78 Å². The summed E-state index contributed by atoms with van der Waals surface area (Å²) in [5, 5.41) is 11.4. The van der Waals surface area contributed by atoms with Crippen molar-refractivity contribution in [3.63, 3.8) is 0 Å². The van der Waals surface area contributed by atoms with Crippen molar-refractivity contribution in [2.24, 2.45) is 0 Å². The van der Waals surface area contributed by atoms with Gasteiger partial charge in [-0.1, -0.05) is 12.1 Å². The maximum atomic E-state index is 15.6. The molecule has 5 rings (SSSR count). The van der Waals surface area contributed by atoms with E-state index < -0.39 is 72.7 Å². The fraction of sp³-hybridized carbons (Fsp3) is 0.231. The maximum Gasteiger partial charge on any atom is 0.262 e. The van der Waals surface area contributed by atoms with Gasteiger partial charge in [-0.25, -0.2) is 31.4 Å². The monoisotopic (exact) mass is 578 g/mol. The number of anilines is 2. The van der Waals surface area contributed by atoms with Crippen LogP contribution in [0, 0.1) is 23.3 Å². The number of carbonyl (C=O) groups is 2. The maximum absolute atomic E-state index is 15.6. The van der Waals surface area contributed by atoms with Crippen molar-refractivity contribution in [2.45, 2.75) is 30.2 Å². The second kappa shape index (κ2) is 10.5. The lowest BCUT2D eigenvalue weighted by Gasteiger charge is -2.16. The van der Waals surface area contributed by atoms with Gasteiger partial charge in [-0.05, 0) is 42.7 Å². The Morgan fingerprint density at radius 1 is 1.02 bits per heavy atom. The molecule has 40 heavy (non-hydrogen) atoms. The Labute approximate surface area is 225 Å². The summed E-state index contributed by atoms with van der Waals surface area (Å²) in [7, 11) is -4.65. The van der Waals surface area contributed by atoms with Crippen LogP contribution in [-0.4, -0.2) is 38.4 Å². The van der Waals surface area contributed by atoms with Gasteiger partial charge in [0.15, 0.2) is 17.4 Å². The normalized spacial score (nSPS) is 15.9. The summed E-state index contributed by atoms with van der Waals surface area (Å²) in [5.41, 5.74) is 2.85. The second-order valence-electron chi connectivity index (χ2n) is 9.20. The van der Waals surface area contributed by atoms with Crippen LogP contribution in [-0.2, 0) is 21.2 Å². The minimum absolute atomic E-state index is 0.0119. The zero-order chi connectivity index (χ0) is 28.8. The topological polar surface area (TPSA) is 137 Å². The molecule has 0 saturated carbocycles. The number of hydrazine groups is 1. The van der Waals surface area contributed by atoms with Crippen LogP contribution in [0.4, 0.5) is 28.9 Å². The van der Waals surface area contributed by atoms with E-state index in [0.29, 0.717) is 12.5 Å². The zero-order valence-corrected chi connectivity index (χ0v) is 21.4. The Kier molecular flexibility index (Phi) is 7.25. The Morgan fingerprint density at radius 2 is 1.80 bits per heavy atom. The van der Waals surface area contributed by atoms with Crippen LogP contribution in [0.5, 0.6) is 0 Å². The zero-order valence-electron chi connectivity index (χ0n) is 20.6. The van der Waals surface area contributed by atoms with Crippen LogP contribution < -0.4 is 20.9 Å². The predicted octanol–water partition coefficient (Wildman–Crippen LogP) is 3.31. The number of benzene rings is 3. The van der Waals surface area contributed by atoms with Gasteiger partial charge < -0.3 is 15.8 Å². The molecule has 0 aromatic heterocycles. The highest BCUT2D eigenvalue weighted by molar-refractivity contribution is 7.92. The molecule has 3 aromatic carbocycles. The number of amides is 1. The van der Waals surface area contributed by atoms with E-state index in [0.717, 1.165) is 24.3 Å². The van der Waals surface area contributed by atoms with Gasteiger partial charge in [0, 0.05) is 36.3 Å². The third kappa shape index (κ3) is 4.78. The van der Waals surface area contributed by atoms with Crippen molar-refractivity contribution in [1.29, 1.82) is 0 Å². The van der Waals surface area contributed by atoms with Crippen molar-refractivity contribution in [1.82, 2.24) is 10.7 Å². The number of aliphatic hydroxyl groups excluding tert-OH is 1. The molecule has 0 radical (unpaired) electrons. The van der Waals surface area contributed by atoms with E-state index in [9.17, 15) is 26.8 Å². The lowest BCUT2D eigenvalue weighted by molar-refractivity contribution is -0.123. The molecule has 3 aromatic rings. The van der Waals surface area contributed by atoms with Gasteiger partial charge in [0.25, 0.3) is 10.0 Å². The number of carbonyl (C=O) groups excluding carboxylic acids is 2. The van der Waals surface area contributed by atoms with Crippen molar-refractivity contribution < 1.29 is 40.7 Å². The number of ketones is 1. The summed E-state index contributed by atoms with van der Waals surface area (Å²) in [6, 6.07) is 4.51. The molecule has 5 N–H and O–H groups in total. The number of hydrogen-bond donors (Lipinski definition) is 5. The van der Waals surface area contributed by atoms with Crippen LogP contribution >= 0.6 is 0 Å². The van der Waals surface area contributed by atoms with Crippen molar-refractivity contribution >= 4 is 33.1 Å².